The first-order valence-corrected chi connectivity index (χ1v) is 14.3. The number of amides is 1. The van der Waals surface area contributed by atoms with Crippen molar-refractivity contribution >= 4 is 27.3 Å². The van der Waals surface area contributed by atoms with Crippen molar-refractivity contribution in [3.8, 4) is 22.8 Å². The van der Waals surface area contributed by atoms with E-state index in [1.165, 1.54) is 6.07 Å². The summed E-state index contributed by atoms with van der Waals surface area (Å²) in [7, 11) is -3.23. The number of carbonyl (C=O) groups is 1. The van der Waals surface area contributed by atoms with E-state index in [2.05, 4.69) is 17.1 Å². The first kappa shape index (κ1) is 24.6. The summed E-state index contributed by atoms with van der Waals surface area (Å²) in [4.78, 5) is 15.3. The highest BCUT2D eigenvalue weighted by Gasteiger charge is 2.48. The number of carbonyl (C=O) groups excluding carboxylic acids is 1. The van der Waals surface area contributed by atoms with Crippen LogP contribution in [0.4, 0.5) is 0 Å². The summed E-state index contributed by atoms with van der Waals surface area (Å²) in [6.07, 6.45) is 3.48. The molecule has 10 heteroatoms. The van der Waals surface area contributed by atoms with Crippen LogP contribution in [0.2, 0.25) is 5.02 Å². The smallest absolute Gasteiger partial charge is 0.273 e. The molecule has 190 valence electrons. The van der Waals surface area contributed by atoms with Gasteiger partial charge in [0.1, 0.15) is 22.9 Å². The molecular weight excluding hydrogens is 502 g/mol. The molecule has 2 aliphatic rings. The number of aromatic amines is 1. The molecule has 0 radical (unpaired) electrons. The van der Waals surface area contributed by atoms with Crippen molar-refractivity contribution in [2.24, 2.45) is 0 Å². The van der Waals surface area contributed by atoms with Crippen LogP contribution >= 0.6 is 11.6 Å². The first-order chi connectivity index (χ1) is 17.3. The van der Waals surface area contributed by atoms with Crippen LogP contribution in [0.15, 0.2) is 42.5 Å². The van der Waals surface area contributed by atoms with E-state index in [0.717, 1.165) is 24.8 Å². The standard InChI is InChI=1S/C26H28ClN3O5S/c1-2-3-4-11-35-19-7-5-6-16(13-19)25-22-23(20-14-17(27)8-9-21(20)31)28-29-24(22)26(32)30(25)18-10-12-36(33,34)15-18/h5-9,13-14,18,25,31H,2-4,10-12,15H2,1H3,(H,28,29). The lowest BCUT2D eigenvalue weighted by Gasteiger charge is -2.31. The number of aromatic hydroxyl groups is 1. The highest BCUT2D eigenvalue weighted by atomic mass is 35.5. The number of ether oxygens (including phenoxy) is 1. The van der Waals surface area contributed by atoms with E-state index < -0.39 is 21.9 Å². The van der Waals surface area contributed by atoms with Crippen LogP contribution in [0.25, 0.3) is 11.3 Å². The zero-order valence-corrected chi connectivity index (χ0v) is 21.5. The zero-order valence-electron chi connectivity index (χ0n) is 19.9. The topological polar surface area (TPSA) is 113 Å². The number of fused-ring (bicyclic) bond motifs is 1. The Kier molecular flexibility index (Phi) is 6.70. The van der Waals surface area contributed by atoms with Gasteiger partial charge in [0.05, 0.1) is 24.2 Å². The summed E-state index contributed by atoms with van der Waals surface area (Å²) >= 11 is 6.21. The molecule has 3 aromatic rings. The summed E-state index contributed by atoms with van der Waals surface area (Å²) in [6, 6.07) is 11.1. The number of phenols is 1. The van der Waals surface area contributed by atoms with Crippen LogP contribution in [-0.4, -0.2) is 58.7 Å². The molecule has 1 amide bonds. The quantitative estimate of drug-likeness (QED) is 0.408. The average Bonchev–Trinajstić information content (AvgIpc) is 3.51. The highest BCUT2D eigenvalue weighted by molar-refractivity contribution is 7.91. The summed E-state index contributed by atoms with van der Waals surface area (Å²) in [5.74, 6) is 0.307. The second-order valence-electron chi connectivity index (χ2n) is 9.32. The van der Waals surface area contributed by atoms with E-state index in [1.807, 2.05) is 24.3 Å². The van der Waals surface area contributed by atoms with Gasteiger partial charge in [-0.25, -0.2) is 8.42 Å². The Balaban J connectivity index is 1.60. The first-order valence-electron chi connectivity index (χ1n) is 12.1. The van der Waals surface area contributed by atoms with Crippen molar-refractivity contribution in [2.45, 2.75) is 44.7 Å². The summed E-state index contributed by atoms with van der Waals surface area (Å²) in [5.41, 5.74) is 2.45. The number of H-pyrrole nitrogens is 1. The van der Waals surface area contributed by atoms with Gasteiger partial charge in [0.2, 0.25) is 0 Å². The second kappa shape index (κ2) is 9.78. The van der Waals surface area contributed by atoms with Crippen LogP contribution in [-0.2, 0) is 9.84 Å². The largest absolute Gasteiger partial charge is 0.507 e. The molecule has 3 heterocycles. The summed E-state index contributed by atoms with van der Waals surface area (Å²) in [5, 5.41) is 18.2. The number of benzene rings is 2. The van der Waals surface area contributed by atoms with E-state index in [1.54, 1.807) is 17.0 Å². The number of phenolic OH excluding ortho intramolecular Hbond substituents is 1. The lowest BCUT2D eigenvalue weighted by atomic mass is 9.95. The fraction of sp³-hybridized carbons (Fsp3) is 0.385. The fourth-order valence-electron chi connectivity index (χ4n) is 5.08. The molecule has 2 aromatic carbocycles. The normalized spacial score (nSPS) is 20.6. The molecule has 0 saturated carbocycles. The van der Waals surface area contributed by atoms with Gasteiger partial charge in [-0.15, -0.1) is 0 Å². The van der Waals surface area contributed by atoms with Gasteiger partial charge >= 0.3 is 0 Å². The molecule has 36 heavy (non-hydrogen) atoms. The van der Waals surface area contributed by atoms with Crippen molar-refractivity contribution in [2.75, 3.05) is 18.1 Å². The summed E-state index contributed by atoms with van der Waals surface area (Å²) in [6.45, 7) is 2.72. The molecule has 2 aliphatic heterocycles. The molecule has 0 aliphatic carbocycles. The number of aromatic nitrogens is 2. The highest BCUT2D eigenvalue weighted by Crippen LogP contribution is 2.47. The second-order valence-corrected chi connectivity index (χ2v) is 12.0. The van der Waals surface area contributed by atoms with E-state index in [-0.39, 0.29) is 28.9 Å². The van der Waals surface area contributed by atoms with Gasteiger partial charge in [-0.2, -0.15) is 5.10 Å². The minimum Gasteiger partial charge on any atom is -0.507 e. The van der Waals surface area contributed by atoms with E-state index in [0.29, 0.717) is 40.6 Å². The third-order valence-electron chi connectivity index (χ3n) is 6.81. The number of nitrogens with zero attached hydrogens (tertiary/aromatic N) is 2. The van der Waals surface area contributed by atoms with Crippen molar-refractivity contribution in [1.82, 2.24) is 15.1 Å². The third-order valence-corrected chi connectivity index (χ3v) is 8.80. The molecule has 2 N–H and O–H groups in total. The van der Waals surface area contributed by atoms with Crippen LogP contribution in [0, 0.1) is 0 Å². The molecule has 1 fully saturated rings. The van der Waals surface area contributed by atoms with Gasteiger partial charge in [-0.1, -0.05) is 43.5 Å². The van der Waals surface area contributed by atoms with Gasteiger partial charge in [0.15, 0.2) is 9.84 Å². The zero-order chi connectivity index (χ0) is 25.4. The molecule has 1 saturated heterocycles. The Labute approximate surface area is 215 Å². The predicted molar refractivity (Wildman–Crippen MR) is 137 cm³/mol. The Bertz CT molecular complexity index is 1400. The average molecular weight is 530 g/mol. The molecule has 1 aromatic heterocycles. The van der Waals surface area contributed by atoms with Crippen molar-refractivity contribution in [1.29, 1.82) is 0 Å². The van der Waals surface area contributed by atoms with E-state index in [4.69, 9.17) is 16.3 Å². The lowest BCUT2D eigenvalue weighted by Crippen LogP contribution is -2.40. The maximum absolute atomic E-state index is 13.6. The minimum atomic E-state index is -3.23. The van der Waals surface area contributed by atoms with Gasteiger partial charge in [0.25, 0.3) is 5.91 Å². The van der Waals surface area contributed by atoms with Gasteiger partial charge in [-0.05, 0) is 48.7 Å². The molecule has 5 rings (SSSR count). The van der Waals surface area contributed by atoms with Gasteiger partial charge < -0.3 is 14.7 Å². The maximum Gasteiger partial charge on any atom is 0.273 e. The number of unbranched alkanes of at least 4 members (excludes halogenated alkanes) is 2. The van der Waals surface area contributed by atoms with Gasteiger partial charge in [-0.3, -0.25) is 9.89 Å². The molecule has 8 nitrogen and oxygen atoms in total. The Morgan fingerprint density at radius 1 is 1.22 bits per heavy atom. The lowest BCUT2D eigenvalue weighted by molar-refractivity contribution is 0.0677. The number of nitrogens with one attached hydrogen (secondary N) is 1. The summed E-state index contributed by atoms with van der Waals surface area (Å²) < 4.78 is 30.6. The monoisotopic (exact) mass is 529 g/mol. The number of hydrogen-bond acceptors (Lipinski definition) is 6. The van der Waals surface area contributed by atoms with Gasteiger partial charge in [0, 0.05) is 22.2 Å². The Morgan fingerprint density at radius 3 is 2.81 bits per heavy atom. The third kappa shape index (κ3) is 4.57. The van der Waals surface area contributed by atoms with Crippen LogP contribution in [0.1, 0.15) is 60.3 Å². The van der Waals surface area contributed by atoms with E-state index >= 15 is 0 Å². The number of rotatable bonds is 8. The molecule has 0 spiro atoms. The number of sulfone groups is 1. The minimum absolute atomic E-state index is 0.0187. The Morgan fingerprint density at radius 2 is 2.06 bits per heavy atom. The fourth-order valence-corrected chi connectivity index (χ4v) is 6.97. The Hall–Kier alpha value is -3.04. The van der Waals surface area contributed by atoms with Crippen molar-refractivity contribution < 1.29 is 23.1 Å². The number of hydrogen-bond donors (Lipinski definition) is 2. The SMILES string of the molecule is CCCCCOc1cccc(C2c3c(-c4cc(Cl)ccc4O)n[nH]c3C(=O)N2C2CCS(=O)(=O)C2)c1. The maximum atomic E-state index is 13.6. The predicted octanol–water partition coefficient (Wildman–Crippen LogP) is 4.74. The molecule has 0 bridgehead atoms. The molecule has 2 unspecified atom stereocenters. The van der Waals surface area contributed by atoms with Crippen LogP contribution in [0.3, 0.4) is 0 Å². The van der Waals surface area contributed by atoms with Crippen LogP contribution < -0.4 is 4.74 Å². The number of halogens is 1. The van der Waals surface area contributed by atoms with Crippen molar-refractivity contribution in [3.05, 3.63) is 64.3 Å². The van der Waals surface area contributed by atoms with Crippen molar-refractivity contribution in [3.63, 3.8) is 0 Å². The van der Waals surface area contributed by atoms with E-state index in [9.17, 15) is 18.3 Å². The van der Waals surface area contributed by atoms with Crippen LogP contribution in [0.5, 0.6) is 11.5 Å². The molecule has 2 atom stereocenters. The molecular formula is C26H28ClN3O5S.